The fraction of sp³-hybridized carbons (Fsp3) is 0.0323. The fourth-order valence-corrected chi connectivity index (χ4v) is 8.69. The molecule has 0 aliphatic heterocycles. The van der Waals surface area contributed by atoms with Crippen molar-refractivity contribution in [2.75, 3.05) is 9.80 Å². The molecule has 0 aromatic heterocycles. The Bertz CT molecular complexity index is 3340. The molecule has 0 atom stereocenters. The van der Waals surface area contributed by atoms with E-state index in [2.05, 4.69) is 222 Å². The van der Waals surface area contributed by atoms with E-state index in [9.17, 15) is 0 Å². The van der Waals surface area contributed by atoms with Gasteiger partial charge in [-0.3, -0.25) is 0 Å². The Kier molecular flexibility index (Phi) is 9.29. The largest absolute Gasteiger partial charge is 0.310 e. The smallest absolute Gasteiger partial charge is 0.0540 e. The highest BCUT2D eigenvalue weighted by Crippen LogP contribution is 2.44. The first-order chi connectivity index (χ1) is 33.2. The standard InChI is InChI=1S/C62H46N2/c1-5-13-45(14-6-1)48-23-33-56(34-24-48)63(60-41-31-52-21-22-54(52)43-60)57-35-25-50(26-36-57)51-29-39-59(40-30-51)64(58-37-27-49(28-38-58)46-15-7-2-8-16-46)62-42-32-55(47-17-9-3-10-18-47)44-61(62)53-19-11-4-12-20-53/h1-20,23-44H,21-22H2/i21D2,22D2. The Hall–Kier alpha value is -8.20. The van der Waals surface area contributed by atoms with E-state index in [0.717, 1.165) is 78.6 Å². The minimum atomic E-state index is -2.09. The molecule has 0 saturated carbocycles. The van der Waals surface area contributed by atoms with Gasteiger partial charge in [0.05, 0.1) is 5.69 Å². The number of fused-ring (bicyclic) bond motifs is 1. The molecule has 2 nitrogen and oxygen atoms in total. The molecule has 0 N–H and O–H groups in total. The maximum atomic E-state index is 8.59. The van der Waals surface area contributed by atoms with Crippen LogP contribution in [0.2, 0.25) is 0 Å². The van der Waals surface area contributed by atoms with Crippen LogP contribution in [0.4, 0.5) is 34.1 Å². The van der Waals surface area contributed by atoms with E-state index in [1.54, 1.807) is 12.1 Å². The topological polar surface area (TPSA) is 6.48 Å². The van der Waals surface area contributed by atoms with Gasteiger partial charge in [-0.25, -0.2) is 0 Å². The third-order valence-electron chi connectivity index (χ3n) is 12.1. The van der Waals surface area contributed by atoms with Gasteiger partial charge >= 0.3 is 0 Å². The van der Waals surface area contributed by atoms with Crippen molar-refractivity contribution >= 4 is 34.1 Å². The van der Waals surface area contributed by atoms with E-state index in [4.69, 9.17) is 5.48 Å². The maximum Gasteiger partial charge on any atom is 0.0540 e. The van der Waals surface area contributed by atoms with Crippen LogP contribution in [-0.4, -0.2) is 0 Å². The number of rotatable bonds is 11. The van der Waals surface area contributed by atoms with Crippen LogP contribution < -0.4 is 9.80 Å². The van der Waals surface area contributed by atoms with Crippen LogP contribution in [0, 0.1) is 0 Å². The monoisotopic (exact) mass is 822 g/mol. The number of anilines is 6. The first kappa shape index (κ1) is 34.4. The van der Waals surface area contributed by atoms with Gasteiger partial charge in [0.15, 0.2) is 0 Å². The molecule has 2 heteroatoms. The summed E-state index contributed by atoms with van der Waals surface area (Å²) in [7, 11) is 0. The van der Waals surface area contributed by atoms with Gasteiger partial charge in [-0.1, -0.05) is 182 Å². The summed E-state index contributed by atoms with van der Waals surface area (Å²) in [5, 5.41) is 0. The van der Waals surface area contributed by atoms with Crippen LogP contribution in [0.5, 0.6) is 0 Å². The Morgan fingerprint density at radius 2 is 0.578 bits per heavy atom. The highest BCUT2D eigenvalue weighted by molar-refractivity contribution is 5.91. The zero-order chi connectivity index (χ0) is 46.2. The molecule has 0 saturated heterocycles. The second-order valence-electron chi connectivity index (χ2n) is 16.0. The second-order valence-corrected chi connectivity index (χ2v) is 16.0. The summed E-state index contributed by atoms with van der Waals surface area (Å²) in [6, 6.07) is 88.5. The molecular weight excluding hydrogens is 773 g/mol. The molecular formula is C62H46N2. The molecule has 64 heavy (non-hydrogen) atoms. The van der Waals surface area contributed by atoms with Crippen molar-refractivity contribution in [1.82, 2.24) is 0 Å². The van der Waals surface area contributed by atoms with Crippen LogP contribution in [-0.2, 0) is 12.7 Å². The summed E-state index contributed by atoms with van der Waals surface area (Å²) in [6.07, 6.45) is -4.13. The van der Waals surface area contributed by atoms with Crippen LogP contribution in [0.25, 0.3) is 55.6 Å². The van der Waals surface area contributed by atoms with Gasteiger partial charge in [0, 0.05) is 39.5 Å². The van der Waals surface area contributed by atoms with Gasteiger partial charge < -0.3 is 9.80 Å². The number of hydrogen-bond acceptors (Lipinski definition) is 2. The summed E-state index contributed by atoms with van der Waals surface area (Å²) in [5.41, 5.74) is 17.7. The predicted octanol–water partition coefficient (Wildman–Crippen LogP) is 17.1. The van der Waals surface area contributed by atoms with Crippen molar-refractivity contribution in [3.63, 3.8) is 0 Å². The van der Waals surface area contributed by atoms with E-state index in [-0.39, 0.29) is 0 Å². The van der Waals surface area contributed by atoms with Gasteiger partial charge in [0.25, 0.3) is 0 Å². The SMILES string of the molecule is [2H]C1([2H])c2ccc(N(c3ccc(-c4ccccc4)cc3)c3ccc(-c4ccc(N(c5ccc(-c6ccccc6)cc5)c5ccc(-c6ccccc6)cc5-c5ccccc5)cc4)cc3)cc2C1([2H])[2H]. The van der Waals surface area contributed by atoms with Gasteiger partial charge in [0.2, 0.25) is 0 Å². The van der Waals surface area contributed by atoms with Crippen molar-refractivity contribution in [2.45, 2.75) is 12.7 Å². The molecule has 0 amide bonds. The summed E-state index contributed by atoms with van der Waals surface area (Å²) in [4.78, 5) is 4.46. The first-order valence-corrected chi connectivity index (χ1v) is 21.7. The van der Waals surface area contributed by atoms with E-state index in [1.165, 1.54) is 11.1 Å². The number of hydrogen-bond donors (Lipinski definition) is 0. The molecule has 10 aromatic carbocycles. The van der Waals surface area contributed by atoms with Gasteiger partial charge in [-0.15, -0.1) is 0 Å². The van der Waals surface area contributed by atoms with Gasteiger partial charge in [-0.2, -0.15) is 0 Å². The second kappa shape index (κ2) is 17.3. The molecule has 1 aliphatic rings. The minimum Gasteiger partial charge on any atom is -0.310 e. The highest BCUT2D eigenvalue weighted by Gasteiger charge is 2.21. The lowest BCUT2D eigenvalue weighted by Gasteiger charge is -2.29. The number of aryl methyl sites for hydroxylation is 2. The summed E-state index contributed by atoms with van der Waals surface area (Å²) in [6.45, 7) is 0. The molecule has 11 rings (SSSR count). The quantitative estimate of drug-likeness (QED) is 0.128. The zero-order valence-corrected chi connectivity index (χ0v) is 35.1. The molecule has 304 valence electrons. The van der Waals surface area contributed by atoms with E-state index < -0.39 is 12.7 Å². The van der Waals surface area contributed by atoms with Crippen LogP contribution in [0.1, 0.15) is 16.6 Å². The molecule has 0 unspecified atom stereocenters. The van der Waals surface area contributed by atoms with Gasteiger partial charge in [0.1, 0.15) is 0 Å². The molecule has 10 aromatic rings. The van der Waals surface area contributed by atoms with E-state index in [0.29, 0.717) is 11.1 Å². The first-order valence-electron chi connectivity index (χ1n) is 23.7. The Labute approximate surface area is 382 Å². The molecule has 0 heterocycles. The lowest BCUT2D eigenvalue weighted by atomic mass is 9.88. The fourth-order valence-electron chi connectivity index (χ4n) is 8.69. The van der Waals surface area contributed by atoms with Crippen molar-refractivity contribution in [1.29, 1.82) is 0 Å². The Morgan fingerprint density at radius 3 is 1.02 bits per heavy atom. The zero-order valence-electron chi connectivity index (χ0n) is 39.1. The van der Waals surface area contributed by atoms with Crippen molar-refractivity contribution in [3.8, 4) is 55.6 Å². The number of benzene rings is 10. The number of nitrogens with zero attached hydrogens (tertiary/aromatic N) is 2. The summed E-state index contributed by atoms with van der Waals surface area (Å²) < 4.78 is 33.9. The van der Waals surface area contributed by atoms with Crippen molar-refractivity contribution in [2.24, 2.45) is 0 Å². The summed E-state index contributed by atoms with van der Waals surface area (Å²) >= 11 is 0. The van der Waals surface area contributed by atoms with Crippen molar-refractivity contribution < 1.29 is 5.48 Å². The minimum absolute atomic E-state index is 0.381. The van der Waals surface area contributed by atoms with Crippen LogP contribution in [0.15, 0.2) is 255 Å². The third kappa shape index (κ3) is 7.79. The van der Waals surface area contributed by atoms with E-state index >= 15 is 0 Å². The van der Waals surface area contributed by atoms with Crippen LogP contribution in [0.3, 0.4) is 0 Å². The average molecular weight is 823 g/mol. The maximum absolute atomic E-state index is 8.59. The molecule has 1 aliphatic carbocycles. The molecule has 0 bridgehead atoms. The van der Waals surface area contributed by atoms with Crippen LogP contribution >= 0.6 is 0 Å². The van der Waals surface area contributed by atoms with Gasteiger partial charge in [-0.05, 0) is 147 Å². The molecule has 0 fully saturated rings. The third-order valence-corrected chi connectivity index (χ3v) is 12.1. The Morgan fingerprint density at radius 1 is 0.250 bits per heavy atom. The Balaban J connectivity index is 0.964. The lowest BCUT2D eigenvalue weighted by molar-refractivity contribution is 0.839. The van der Waals surface area contributed by atoms with E-state index in [1.807, 2.05) is 30.3 Å². The van der Waals surface area contributed by atoms with Crippen molar-refractivity contribution in [3.05, 3.63) is 266 Å². The lowest BCUT2D eigenvalue weighted by Crippen LogP contribution is -2.13. The predicted molar refractivity (Wildman–Crippen MR) is 270 cm³/mol. The highest BCUT2D eigenvalue weighted by atomic mass is 15.1. The molecule has 0 radical (unpaired) electrons. The molecule has 0 spiro atoms. The average Bonchev–Trinajstić information content (AvgIpc) is 3.40. The summed E-state index contributed by atoms with van der Waals surface area (Å²) in [5.74, 6) is 0. The normalized spacial score (nSPS) is 14.1.